The van der Waals surface area contributed by atoms with Crippen LogP contribution < -0.4 is 15.9 Å². The number of hydrazone groups is 1. The Morgan fingerprint density at radius 3 is 2.20 bits per heavy atom. The smallest absolute Gasteiger partial charge is 0.339 e. The van der Waals surface area contributed by atoms with Gasteiger partial charge in [0.1, 0.15) is 0 Å². The molecule has 0 unspecified atom stereocenters. The van der Waals surface area contributed by atoms with Crippen molar-refractivity contribution in [2.75, 3.05) is 18.1 Å². The predicted octanol–water partition coefficient (Wildman–Crippen LogP) is 4.18. The number of halogens is 3. The maximum Gasteiger partial charge on any atom is 0.416 e. The van der Waals surface area contributed by atoms with Crippen LogP contribution in [0.2, 0.25) is 0 Å². The fraction of sp³-hybridized carbons (Fsp3) is 0.304. The van der Waals surface area contributed by atoms with Crippen LogP contribution in [0.1, 0.15) is 52.6 Å². The van der Waals surface area contributed by atoms with Crippen LogP contribution in [-0.2, 0) is 11.0 Å². The molecule has 1 aliphatic rings. The molecule has 186 valence electrons. The van der Waals surface area contributed by atoms with Crippen molar-refractivity contribution in [1.29, 1.82) is 0 Å². The molecule has 1 aromatic heterocycles. The first-order valence-corrected chi connectivity index (χ1v) is 11.5. The van der Waals surface area contributed by atoms with Gasteiger partial charge in [0, 0.05) is 18.8 Å². The number of thiophene rings is 1. The molecular formula is C23H24F3N5O3S. The topological polar surface area (TPSA) is 94.1 Å². The molecule has 0 aliphatic carbocycles. The van der Waals surface area contributed by atoms with Gasteiger partial charge >= 0.3 is 6.18 Å². The summed E-state index contributed by atoms with van der Waals surface area (Å²) in [5.41, 5.74) is 5.33. The number of carbonyl (C=O) groups excluding carboxylic acids is 3. The number of alkyl halides is 3. The Morgan fingerprint density at radius 2 is 1.63 bits per heavy atom. The van der Waals surface area contributed by atoms with Crippen molar-refractivity contribution >= 4 is 40.5 Å². The molecule has 2 heterocycles. The van der Waals surface area contributed by atoms with E-state index in [4.69, 9.17) is 0 Å². The normalized spacial score (nSPS) is 15.1. The molecule has 2 N–H and O–H groups in total. The molecule has 35 heavy (non-hydrogen) atoms. The van der Waals surface area contributed by atoms with Gasteiger partial charge in [0.25, 0.3) is 17.7 Å². The number of amides is 3. The van der Waals surface area contributed by atoms with E-state index in [9.17, 15) is 27.6 Å². The van der Waals surface area contributed by atoms with Crippen LogP contribution in [-0.4, -0.2) is 41.4 Å². The molecular weight excluding hydrogens is 483 g/mol. The quantitative estimate of drug-likeness (QED) is 0.434. The number of benzene rings is 1. The van der Waals surface area contributed by atoms with Gasteiger partial charge < -0.3 is 10.3 Å². The van der Waals surface area contributed by atoms with E-state index in [1.165, 1.54) is 12.1 Å². The van der Waals surface area contributed by atoms with E-state index in [1.807, 2.05) is 13.8 Å². The summed E-state index contributed by atoms with van der Waals surface area (Å²) in [6, 6.07) is 7.21. The highest BCUT2D eigenvalue weighted by molar-refractivity contribution is 7.15. The molecule has 0 spiro atoms. The number of rotatable bonds is 7. The fourth-order valence-corrected chi connectivity index (χ4v) is 4.29. The lowest BCUT2D eigenvalue weighted by molar-refractivity contribution is -0.137. The van der Waals surface area contributed by atoms with Gasteiger partial charge in [0.2, 0.25) is 0 Å². The van der Waals surface area contributed by atoms with Crippen molar-refractivity contribution in [3.05, 3.63) is 63.0 Å². The zero-order valence-corrected chi connectivity index (χ0v) is 20.3. The van der Waals surface area contributed by atoms with Crippen LogP contribution in [0, 0.1) is 0 Å². The lowest BCUT2D eigenvalue weighted by Crippen LogP contribution is -2.37. The van der Waals surface area contributed by atoms with Gasteiger partial charge in [0.15, 0.2) is 0 Å². The van der Waals surface area contributed by atoms with Crippen molar-refractivity contribution in [3.63, 3.8) is 0 Å². The number of nitrogens with one attached hydrogen (secondary N) is 2. The number of nitrogens with zero attached hydrogens (tertiary/aromatic N) is 3. The molecule has 2 aromatic rings. The second kappa shape index (κ2) is 10.3. The summed E-state index contributed by atoms with van der Waals surface area (Å²) < 4.78 is 38.4. The number of hydrogen-bond donors (Lipinski definition) is 2. The van der Waals surface area contributed by atoms with Crippen molar-refractivity contribution in [1.82, 2.24) is 15.8 Å². The molecule has 8 nitrogen and oxygen atoms in total. The van der Waals surface area contributed by atoms with Crippen LogP contribution in [0.5, 0.6) is 0 Å². The highest BCUT2D eigenvalue weighted by Gasteiger charge is 2.33. The maximum atomic E-state index is 12.9. The summed E-state index contributed by atoms with van der Waals surface area (Å²) >= 11 is 1.06. The average Bonchev–Trinajstić information content (AvgIpc) is 3.42. The fourth-order valence-electron chi connectivity index (χ4n) is 3.42. The highest BCUT2D eigenvalue weighted by Crippen LogP contribution is 2.32. The summed E-state index contributed by atoms with van der Waals surface area (Å²) in [6.07, 6.45) is -4.49. The van der Waals surface area contributed by atoms with Crippen LogP contribution in [0.4, 0.5) is 18.9 Å². The Kier molecular flexibility index (Phi) is 7.64. The van der Waals surface area contributed by atoms with Crippen LogP contribution >= 0.6 is 11.3 Å². The first kappa shape index (κ1) is 25.9. The van der Waals surface area contributed by atoms with Crippen molar-refractivity contribution in [3.8, 4) is 0 Å². The summed E-state index contributed by atoms with van der Waals surface area (Å²) in [4.78, 5) is 40.3. The molecule has 0 fully saturated rings. The third-order valence-electron chi connectivity index (χ3n) is 5.29. The number of hydrogen-bond acceptors (Lipinski definition) is 6. The summed E-state index contributed by atoms with van der Waals surface area (Å²) in [6.45, 7) is 8.00. The minimum absolute atomic E-state index is 0.156. The van der Waals surface area contributed by atoms with Gasteiger partial charge in [0.05, 0.1) is 32.3 Å². The number of hydrazine groups is 1. The number of carbonyl (C=O) groups is 3. The molecule has 0 radical (unpaired) electrons. The van der Waals surface area contributed by atoms with Crippen LogP contribution in [0.3, 0.4) is 0 Å². The SMILES string of the molecule is CCN(CC)C(=O)c1ccc(C(=O)NN/C(C)=C2\C(=O)N(c3ccc(C(F)(F)F)cc3)N=C2C)s1. The summed E-state index contributed by atoms with van der Waals surface area (Å²) in [5, 5.41) is 5.15. The predicted molar refractivity (Wildman–Crippen MR) is 127 cm³/mol. The van der Waals surface area contributed by atoms with E-state index in [0.717, 1.165) is 28.5 Å². The van der Waals surface area contributed by atoms with Crippen molar-refractivity contribution < 1.29 is 27.6 Å². The molecule has 1 aliphatic heterocycles. The third kappa shape index (κ3) is 5.53. The molecule has 3 amide bonds. The first-order chi connectivity index (χ1) is 16.5. The minimum atomic E-state index is -4.49. The summed E-state index contributed by atoms with van der Waals surface area (Å²) in [7, 11) is 0. The molecule has 1 aromatic carbocycles. The third-order valence-corrected chi connectivity index (χ3v) is 6.36. The Hall–Kier alpha value is -3.67. The maximum absolute atomic E-state index is 12.9. The Morgan fingerprint density at radius 1 is 1.03 bits per heavy atom. The van der Waals surface area contributed by atoms with Crippen molar-refractivity contribution in [2.45, 2.75) is 33.9 Å². The van der Waals surface area contributed by atoms with Gasteiger partial charge in [-0.3, -0.25) is 19.8 Å². The van der Waals surface area contributed by atoms with E-state index in [2.05, 4.69) is 16.0 Å². The van der Waals surface area contributed by atoms with Crippen LogP contribution in [0.15, 0.2) is 52.8 Å². The average molecular weight is 508 g/mol. The number of allylic oxidation sites excluding steroid dienone is 1. The standard InChI is InChI=1S/C23H24F3N5O3S/c1-5-30(6-2)21(33)18-12-11-17(35-18)20(32)28-27-13(3)19-14(4)29-31(22(19)34)16-9-7-15(8-10-16)23(24,25)26/h7-12,27H,5-6H2,1-4H3,(H,28,32)/b19-13-. The van der Waals surface area contributed by atoms with E-state index < -0.39 is 23.6 Å². The lowest BCUT2D eigenvalue weighted by atomic mass is 10.1. The summed E-state index contributed by atoms with van der Waals surface area (Å²) in [5.74, 6) is -1.20. The second-order valence-electron chi connectivity index (χ2n) is 7.57. The number of anilines is 1. The molecule has 3 rings (SSSR count). The molecule has 0 atom stereocenters. The first-order valence-electron chi connectivity index (χ1n) is 10.7. The van der Waals surface area contributed by atoms with Gasteiger partial charge in [-0.25, -0.2) is 0 Å². The van der Waals surface area contributed by atoms with E-state index in [-0.39, 0.29) is 17.2 Å². The van der Waals surface area contributed by atoms with Gasteiger partial charge in [-0.2, -0.15) is 23.3 Å². The molecule has 0 bridgehead atoms. The Bertz CT molecular complexity index is 1200. The van der Waals surface area contributed by atoms with Crippen molar-refractivity contribution in [2.24, 2.45) is 5.10 Å². The molecule has 0 saturated heterocycles. The minimum Gasteiger partial charge on any atom is -0.339 e. The molecule has 0 saturated carbocycles. The van der Waals surface area contributed by atoms with Gasteiger partial charge in [-0.05, 0) is 64.1 Å². The lowest BCUT2D eigenvalue weighted by Gasteiger charge is -2.17. The monoisotopic (exact) mass is 507 g/mol. The van der Waals surface area contributed by atoms with Gasteiger partial charge in [-0.1, -0.05) is 0 Å². The van der Waals surface area contributed by atoms with E-state index in [0.29, 0.717) is 34.3 Å². The highest BCUT2D eigenvalue weighted by atomic mass is 32.1. The van der Waals surface area contributed by atoms with E-state index in [1.54, 1.807) is 30.9 Å². The Labute approximate surface area is 204 Å². The van der Waals surface area contributed by atoms with E-state index >= 15 is 0 Å². The largest absolute Gasteiger partial charge is 0.416 e. The van der Waals surface area contributed by atoms with Gasteiger partial charge in [-0.15, -0.1) is 11.3 Å². The zero-order chi connectivity index (χ0) is 25.9. The zero-order valence-electron chi connectivity index (χ0n) is 19.5. The van der Waals surface area contributed by atoms with Crippen LogP contribution in [0.25, 0.3) is 0 Å². The second-order valence-corrected chi connectivity index (χ2v) is 8.65. The molecule has 12 heteroatoms. The Balaban J connectivity index is 1.69.